The van der Waals surface area contributed by atoms with Crippen molar-refractivity contribution >= 4 is 9.84 Å². The summed E-state index contributed by atoms with van der Waals surface area (Å²) in [6, 6.07) is 1.69. The number of rotatable bonds is 0. The van der Waals surface area contributed by atoms with Crippen LogP contribution < -0.4 is 0 Å². The highest BCUT2D eigenvalue weighted by Crippen LogP contribution is 2.31. The molecular formula is C10H6F4O2S. The first-order valence-corrected chi connectivity index (χ1v) is 6.08. The molecule has 0 saturated carbocycles. The molecule has 0 aliphatic rings. The molecule has 0 bridgehead atoms. The quantitative estimate of drug-likeness (QED) is 0.533. The van der Waals surface area contributed by atoms with E-state index in [1.807, 2.05) is 0 Å². The number of halogens is 4. The molecule has 1 aromatic rings. The first-order valence-electron chi connectivity index (χ1n) is 4.19. The van der Waals surface area contributed by atoms with Crippen LogP contribution in [0.1, 0.15) is 11.1 Å². The van der Waals surface area contributed by atoms with E-state index in [9.17, 15) is 26.0 Å². The first-order chi connectivity index (χ1) is 7.59. The molecule has 0 amide bonds. The van der Waals surface area contributed by atoms with Crippen LogP contribution in [-0.2, 0) is 16.0 Å². The molecule has 0 aliphatic heterocycles. The summed E-state index contributed by atoms with van der Waals surface area (Å²) in [4.78, 5) is 0. The number of sulfone groups is 1. The van der Waals surface area contributed by atoms with Crippen molar-refractivity contribution in [2.45, 2.75) is 6.18 Å². The Morgan fingerprint density at radius 3 is 2.29 bits per heavy atom. The average Bonchev–Trinajstić information content (AvgIpc) is 2.11. The molecule has 0 N–H and O–H groups in total. The summed E-state index contributed by atoms with van der Waals surface area (Å²) in [5.74, 6) is 0.882. The summed E-state index contributed by atoms with van der Waals surface area (Å²) >= 11 is 0. The van der Waals surface area contributed by atoms with Crippen molar-refractivity contribution < 1.29 is 26.0 Å². The lowest BCUT2D eigenvalue weighted by molar-refractivity contribution is -0.137. The Morgan fingerprint density at radius 1 is 1.24 bits per heavy atom. The fourth-order valence-corrected chi connectivity index (χ4v) is 1.31. The van der Waals surface area contributed by atoms with E-state index in [0.717, 1.165) is 6.26 Å². The Morgan fingerprint density at radius 2 is 1.82 bits per heavy atom. The van der Waals surface area contributed by atoms with Crippen LogP contribution in [-0.4, -0.2) is 14.7 Å². The lowest BCUT2D eigenvalue weighted by atomic mass is 10.1. The van der Waals surface area contributed by atoms with Gasteiger partial charge in [0, 0.05) is 10.8 Å². The van der Waals surface area contributed by atoms with Crippen LogP contribution in [0.5, 0.6) is 0 Å². The maximum Gasteiger partial charge on any atom is 0.417 e. The molecular weight excluding hydrogens is 260 g/mol. The lowest BCUT2D eigenvalue weighted by Crippen LogP contribution is -2.08. The summed E-state index contributed by atoms with van der Waals surface area (Å²) < 4.78 is 71.6. The van der Waals surface area contributed by atoms with Crippen LogP contribution in [0.3, 0.4) is 0 Å². The van der Waals surface area contributed by atoms with Gasteiger partial charge in [-0.3, -0.25) is 0 Å². The van der Waals surface area contributed by atoms with E-state index in [0.29, 0.717) is 18.2 Å². The van der Waals surface area contributed by atoms with E-state index in [1.165, 1.54) is 0 Å². The molecule has 0 radical (unpaired) electrons. The molecule has 0 fully saturated rings. The van der Waals surface area contributed by atoms with Crippen LogP contribution in [0.25, 0.3) is 0 Å². The van der Waals surface area contributed by atoms with Gasteiger partial charge in [-0.25, -0.2) is 12.8 Å². The third-order valence-electron chi connectivity index (χ3n) is 1.66. The molecule has 0 atom stereocenters. The molecule has 1 rings (SSSR count). The molecule has 0 spiro atoms. The topological polar surface area (TPSA) is 34.1 Å². The van der Waals surface area contributed by atoms with Crippen LogP contribution >= 0.6 is 0 Å². The van der Waals surface area contributed by atoms with Crippen molar-refractivity contribution in [2.24, 2.45) is 0 Å². The minimum absolute atomic E-state index is 0.516. The van der Waals surface area contributed by atoms with E-state index >= 15 is 0 Å². The van der Waals surface area contributed by atoms with Crippen molar-refractivity contribution in [1.82, 2.24) is 0 Å². The van der Waals surface area contributed by atoms with E-state index in [-0.39, 0.29) is 0 Å². The zero-order chi connectivity index (χ0) is 13.3. The standard InChI is InChI=1S/C10H6F4O2S/c1-17(15,16)5-4-7-6-8(11)2-3-9(7)10(12,13)14/h2-3,6H,1H3. The molecule has 2 nitrogen and oxygen atoms in total. The number of alkyl halides is 3. The maximum absolute atomic E-state index is 12.8. The fraction of sp³-hybridized carbons (Fsp3) is 0.200. The molecule has 0 saturated heterocycles. The summed E-state index contributed by atoms with van der Waals surface area (Å²) in [6.07, 6.45) is -3.97. The second-order valence-electron chi connectivity index (χ2n) is 3.19. The zero-order valence-electron chi connectivity index (χ0n) is 8.47. The van der Waals surface area contributed by atoms with Gasteiger partial charge in [-0.15, -0.1) is 0 Å². The molecule has 0 heterocycles. The highest BCUT2D eigenvalue weighted by molar-refractivity contribution is 7.95. The van der Waals surface area contributed by atoms with Gasteiger partial charge in [0.25, 0.3) is 0 Å². The Balaban J connectivity index is 3.40. The van der Waals surface area contributed by atoms with Crippen molar-refractivity contribution in [1.29, 1.82) is 0 Å². The smallest absolute Gasteiger partial charge is 0.216 e. The molecule has 0 aliphatic carbocycles. The molecule has 7 heteroatoms. The van der Waals surface area contributed by atoms with Gasteiger partial charge in [0.2, 0.25) is 9.84 Å². The van der Waals surface area contributed by atoms with Crippen molar-refractivity contribution in [2.75, 3.05) is 6.26 Å². The van der Waals surface area contributed by atoms with Crippen LogP contribution in [0, 0.1) is 17.0 Å². The van der Waals surface area contributed by atoms with Crippen LogP contribution in [0.4, 0.5) is 17.6 Å². The normalized spacial score (nSPS) is 11.8. The van der Waals surface area contributed by atoms with Crippen LogP contribution in [0.15, 0.2) is 18.2 Å². The van der Waals surface area contributed by atoms with Crippen molar-refractivity contribution in [3.05, 3.63) is 35.1 Å². The summed E-state index contributed by atoms with van der Waals surface area (Å²) in [5, 5.41) is 1.63. The van der Waals surface area contributed by atoms with Crippen molar-refractivity contribution in [3.63, 3.8) is 0 Å². The summed E-state index contributed by atoms with van der Waals surface area (Å²) in [5.41, 5.74) is -1.88. The van der Waals surface area contributed by atoms with E-state index < -0.39 is 33.0 Å². The maximum atomic E-state index is 12.8. The Hall–Kier alpha value is -1.55. The van der Waals surface area contributed by atoms with Gasteiger partial charge in [0.05, 0.1) is 11.8 Å². The fourth-order valence-electron chi connectivity index (χ4n) is 1.01. The highest BCUT2D eigenvalue weighted by atomic mass is 32.2. The summed E-state index contributed by atoms with van der Waals surface area (Å²) in [6.45, 7) is 0. The highest BCUT2D eigenvalue weighted by Gasteiger charge is 2.33. The Labute approximate surface area is 95.2 Å². The van der Waals surface area contributed by atoms with Gasteiger partial charge in [0.15, 0.2) is 0 Å². The second kappa shape index (κ2) is 4.37. The molecule has 0 aromatic heterocycles. The van der Waals surface area contributed by atoms with Crippen molar-refractivity contribution in [3.8, 4) is 11.2 Å². The molecule has 1 aromatic carbocycles. The predicted octanol–water partition coefficient (Wildman–Crippen LogP) is 2.20. The molecule has 0 unspecified atom stereocenters. The van der Waals surface area contributed by atoms with Gasteiger partial charge in [-0.2, -0.15) is 13.2 Å². The van der Waals surface area contributed by atoms with Gasteiger partial charge in [0.1, 0.15) is 5.82 Å². The molecule has 92 valence electrons. The Kier molecular flexibility index (Phi) is 3.48. The van der Waals surface area contributed by atoms with Gasteiger partial charge >= 0.3 is 6.18 Å². The van der Waals surface area contributed by atoms with E-state index in [2.05, 4.69) is 0 Å². The van der Waals surface area contributed by atoms with Gasteiger partial charge < -0.3 is 0 Å². The zero-order valence-corrected chi connectivity index (χ0v) is 9.29. The summed E-state index contributed by atoms with van der Waals surface area (Å²) in [7, 11) is -3.75. The predicted molar refractivity (Wildman–Crippen MR) is 53.1 cm³/mol. The van der Waals surface area contributed by atoms with E-state index in [1.54, 1.807) is 11.2 Å². The minimum atomic E-state index is -4.71. The minimum Gasteiger partial charge on any atom is -0.216 e. The monoisotopic (exact) mass is 266 g/mol. The second-order valence-corrected chi connectivity index (χ2v) is 4.94. The third kappa shape index (κ3) is 4.07. The van der Waals surface area contributed by atoms with Gasteiger partial charge in [-0.1, -0.05) is 0 Å². The lowest BCUT2D eigenvalue weighted by Gasteiger charge is -2.08. The van der Waals surface area contributed by atoms with E-state index in [4.69, 9.17) is 0 Å². The largest absolute Gasteiger partial charge is 0.417 e. The van der Waals surface area contributed by atoms with Gasteiger partial charge in [-0.05, 0) is 24.1 Å². The number of hydrogen-bond acceptors (Lipinski definition) is 2. The Bertz CT molecular complexity index is 591. The third-order valence-corrected chi connectivity index (χ3v) is 2.13. The molecule has 17 heavy (non-hydrogen) atoms. The van der Waals surface area contributed by atoms with Crippen LogP contribution in [0.2, 0.25) is 0 Å². The first kappa shape index (κ1) is 13.5. The SMILES string of the molecule is CS(=O)(=O)C#Cc1cc(F)ccc1C(F)(F)F. The average molecular weight is 266 g/mol. The number of hydrogen-bond donors (Lipinski definition) is 0. The number of benzene rings is 1.